The van der Waals surface area contributed by atoms with E-state index in [1.807, 2.05) is 17.1 Å². The lowest BCUT2D eigenvalue weighted by Gasteiger charge is -2.38. The lowest BCUT2D eigenvalue weighted by Crippen LogP contribution is -2.52. The van der Waals surface area contributed by atoms with Crippen molar-refractivity contribution in [2.75, 3.05) is 31.1 Å². The highest BCUT2D eigenvalue weighted by Gasteiger charge is 2.52. The van der Waals surface area contributed by atoms with Crippen LogP contribution in [0.25, 0.3) is 0 Å². The van der Waals surface area contributed by atoms with Crippen molar-refractivity contribution in [3.05, 3.63) is 42.2 Å². The molecule has 2 bridgehead atoms. The predicted molar refractivity (Wildman–Crippen MR) is 90.5 cm³/mol. The van der Waals surface area contributed by atoms with Crippen LogP contribution in [0.5, 0.6) is 0 Å². The Morgan fingerprint density at radius 2 is 1.64 bits per heavy atom. The molecule has 0 spiro atoms. The van der Waals surface area contributed by atoms with Gasteiger partial charge in [-0.1, -0.05) is 24.3 Å². The van der Waals surface area contributed by atoms with Crippen molar-refractivity contribution in [1.29, 1.82) is 0 Å². The number of piperazine rings is 1. The van der Waals surface area contributed by atoms with Crippen LogP contribution in [-0.2, 0) is 9.59 Å². The molecule has 6 heteroatoms. The van der Waals surface area contributed by atoms with Crippen molar-refractivity contribution in [3.63, 3.8) is 0 Å². The number of halogens is 1. The number of allylic oxidation sites excluding steroid dienone is 2. The van der Waals surface area contributed by atoms with E-state index in [-0.39, 0.29) is 23.6 Å². The molecule has 1 aromatic carbocycles. The summed E-state index contributed by atoms with van der Waals surface area (Å²) in [6, 6.07) is 6.64. The van der Waals surface area contributed by atoms with Crippen LogP contribution < -0.4 is 4.90 Å². The summed E-state index contributed by atoms with van der Waals surface area (Å²) in [4.78, 5) is 28.3. The standard InChI is InChI=1S/C19H21FN2O3/c20-14-3-1-2-4-15(14)21-7-9-22(10-8-21)18(23)16-12-5-6-13(11-12)17(16)19(24)25/h1-6,12-13,16-17H,7-11H2,(H,24,25)/t12-,13-,16+,17-/m0/s1. The third kappa shape index (κ3) is 2.69. The molecule has 132 valence electrons. The molecule has 0 radical (unpaired) electrons. The van der Waals surface area contributed by atoms with Gasteiger partial charge < -0.3 is 14.9 Å². The van der Waals surface area contributed by atoms with E-state index in [4.69, 9.17) is 0 Å². The second-order valence-electron chi connectivity index (χ2n) is 7.10. The van der Waals surface area contributed by atoms with Crippen molar-refractivity contribution < 1.29 is 19.1 Å². The average molecular weight is 344 g/mol. The summed E-state index contributed by atoms with van der Waals surface area (Å²) in [7, 11) is 0. The number of fused-ring (bicyclic) bond motifs is 2. The van der Waals surface area contributed by atoms with Crippen LogP contribution in [0.4, 0.5) is 10.1 Å². The third-order valence-corrected chi connectivity index (χ3v) is 5.81. The minimum atomic E-state index is -0.875. The van der Waals surface area contributed by atoms with Gasteiger partial charge >= 0.3 is 5.97 Å². The van der Waals surface area contributed by atoms with Gasteiger partial charge in [0, 0.05) is 26.2 Å². The summed E-state index contributed by atoms with van der Waals surface area (Å²) >= 11 is 0. The molecule has 4 atom stereocenters. The molecule has 0 aromatic heterocycles. The van der Waals surface area contributed by atoms with E-state index in [2.05, 4.69) is 0 Å². The number of benzene rings is 1. The number of carbonyl (C=O) groups is 2. The molecule has 3 aliphatic rings. The number of amides is 1. The van der Waals surface area contributed by atoms with E-state index in [9.17, 15) is 19.1 Å². The van der Waals surface area contributed by atoms with Gasteiger partial charge in [0.2, 0.25) is 5.91 Å². The maximum Gasteiger partial charge on any atom is 0.307 e. The number of anilines is 1. The molecule has 1 saturated heterocycles. The maximum absolute atomic E-state index is 13.9. The second kappa shape index (κ2) is 6.17. The van der Waals surface area contributed by atoms with E-state index in [0.717, 1.165) is 6.42 Å². The van der Waals surface area contributed by atoms with Crippen LogP contribution in [0.1, 0.15) is 6.42 Å². The van der Waals surface area contributed by atoms with Crippen molar-refractivity contribution >= 4 is 17.6 Å². The first-order chi connectivity index (χ1) is 12.1. The number of aliphatic carboxylic acids is 1. The number of para-hydroxylation sites is 1. The Morgan fingerprint density at radius 3 is 2.28 bits per heavy atom. The minimum Gasteiger partial charge on any atom is -0.481 e. The summed E-state index contributed by atoms with van der Waals surface area (Å²) in [5.41, 5.74) is 0.556. The number of rotatable bonds is 3. The number of carboxylic acids is 1. The van der Waals surface area contributed by atoms with Gasteiger partial charge in [-0.2, -0.15) is 0 Å². The monoisotopic (exact) mass is 344 g/mol. The van der Waals surface area contributed by atoms with Gasteiger partial charge in [-0.3, -0.25) is 9.59 Å². The van der Waals surface area contributed by atoms with Crippen molar-refractivity contribution in [2.45, 2.75) is 6.42 Å². The molecule has 1 amide bonds. The first-order valence-corrected chi connectivity index (χ1v) is 8.75. The minimum absolute atomic E-state index is 0.0175. The van der Waals surface area contributed by atoms with Gasteiger partial charge in [-0.05, 0) is 30.4 Å². The number of hydrogen-bond acceptors (Lipinski definition) is 3. The zero-order valence-corrected chi connectivity index (χ0v) is 13.8. The van der Waals surface area contributed by atoms with Crippen LogP contribution in [0.2, 0.25) is 0 Å². The molecular weight excluding hydrogens is 323 g/mol. The van der Waals surface area contributed by atoms with Gasteiger partial charge in [-0.15, -0.1) is 0 Å². The number of carbonyl (C=O) groups excluding carboxylic acids is 1. The quantitative estimate of drug-likeness (QED) is 0.852. The Kier molecular flexibility index (Phi) is 3.98. The molecule has 1 aliphatic heterocycles. The molecule has 25 heavy (non-hydrogen) atoms. The first kappa shape index (κ1) is 16.1. The fourth-order valence-electron chi connectivity index (χ4n) is 4.58. The Balaban J connectivity index is 1.44. The van der Waals surface area contributed by atoms with Crippen LogP contribution in [-0.4, -0.2) is 48.1 Å². The van der Waals surface area contributed by atoms with E-state index >= 15 is 0 Å². The highest BCUT2D eigenvalue weighted by atomic mass is 19.1. The van der Waals surface area contributed by atoms with Gasteiger partial charge in [0.25, 0.3) is 0 Å². The van der Waals surface area contributed by atoms with E-state index in [0.29, 0.717) is 31.9 Å². The van der Waals surface area contributed by atoms with Gasteiger partial charge in [0.15, 0.2) is 0 Å². The smallest absolute Gasteiger partial charge is 0.307 e. The van der Waals surface area contributed by atoms with Crippen LogP contribution in [0.3, 0.4) is 0 Å². The molecule has 2 fully saturated rings. The average Bonchev–Trinajstić information content (AvgIpc) is 3.23. The maximum atomic E-state index is 13.9. The predicted octanol–water partition coefficient (Wildman–Crippen LogP) is 2.00. The zero-order valence-electron chi connectivity index (χ0n) is 13.8. The van der Waals surface area contributed by atoms with E-state index < -0.39 is 17.8 Å². The Bertz CT molecular complexity index is 727. The summed E-state index contributed by atoms with van der Waals surface area (Å²) in [6.07, 6.45) is 4.72. The van der Waals surface area contributed by atoms with Crippen molar-refractivity contribution in [2.24, 2.45) is 23.7 Å². The number of carboxylic acid groups (broad SMARTS) is 1. The summed E-state index contributed by atoms with van der Waals surface area (Å²) in [5, 5.41) is 9.52. The Hall–Kier alpha value is -2.37. The highest BCUT2D eigenvalue weighted by Crippen LogP contribution is 2.48. The van der Waals surface area contributed by atoms with Gasteiger partial charge in [0.1, 0.15) is 5.82 Å². The molecule has 1 N–H and O–H groups in total. The largest absolute Gasteiger partial charge is 0.481 e. The Labute approximate surface area is 145 Å². The molecule has 5 nitrogen and oxygen atoms in total. The molecule has 0 unspecified atom stereocenters. The third-order valence-electron chi connectivity index (χ3n) is 5.81. The Morgan fingerprint density at radius 1 is 1.00 bits per heavy atom. The summed E-state index contributed by atoms with van der Waals surface area (Å²) in [5.74, 6) is -2.22. The summed E-state index contributed by atoms with van der Waals surface area (Å²) in [6.45, 7) is 2.11. The van der Waals surface area contributed by atoms with E-state index in [1.54, 1.807) is 23.1 Å². The lowest BCUT2D eigenvalue weighted by molar-refractivity contribution is -0.151. The van der Waals surface area contributed by atoms with Gasteiger partial charge in [-0.25, -0.2) is 4.39 Å². The first-order valence-electron chi connectivity index (χ1n) is 8.75. The number of hydrogen-bond donors (Lipinski definition) is 1. The van der Waals surface area contributed by atoms with Crippen LogP contribution >= 0.6 is 0 Å². The van der Waals surface area contributed by atoms with Crippen molar-refractivity contribution in [3.8, 4) is 0 Å². The molecule has 1 saturated carbocycles. The van der Waals surface area contributed by atoms with E-state index in [1.165, 1.54) is 6.07 Å². The molecule has 4 rings (SSSR count). The molecule has 2 aliphatic carbocycles. The van der Waals surface area contributed by atoms with Crippen molar-refractivity contribution in [1.82, 2.24) is 4.90 Å². The normalized spacial score (nSPS) is 30.8. The highest BCUT2D eigenvalue weighted by molar-refractivity contribution is 5.87. The SMILES string of the molecule is O=C(O)[C@@H]1[C@H](C(=O)N2CCN(c3ccccc3F)CC2)[C@H]2C=C[C@H]1C2. The molecule has 1 heterocycles. The lowest BCUT2D eigenvalue weighted by atomic mass is 9.82. The van der Waals surface area contributed by atoms with Crippen LogP contribution in [0, 0.1) is 29.5 Å². The molecular formula is C19H21FN2O3. The fourth-order valence-corrected chi connectivity index (χ4v) is 4.58. The zero-order chi connectivity index (χ0) is 17.6. The van der Waals surface area contributed by atoms with Crippen LogP contribution in [0.15, 0.2) is 36.4 Å². The number of nitrogens with zero attached hydrogens (tertiary/aromatic N) is 2. The molecule has 1 aromatic rings. The summed E-state index contributed by atoms with van der Waals surface area (Å²) < 4.78 is 13.9. The van der Waals surface area contributed by atoms with Gasteiger partial charge in [0.05, 0.1) is 17.5 Å². The second-order valence-corrected chi connectivity index (χ2v) is 7.10. The topological polar surface area (TPSA) is 60.9 Å². The fraction of sp³-hybridized carbons (Fsp3) is 0.474.